The SMILES string of the molecule is COc1c(Cl)cc(C(C)(C)C)cc1C(=O)N1CCCCC1C. The molecule has 1 fully saturated rings. The van der Waals surface area contributed by atoms with Crippen molar-refractivity contribution in [1.29, 1.82) is 0 Å². The van der Waals surface area contributed by atoms with Crippen molar-refractivity contribution in [3.05, 3.63) is 28.3 Å². The molecule has 0 bridgehead atoms. The van der Waals surface area contributed by atoms with Gasteiger partial charge in [-0.05, 0) is 49.3 Å². The lowest BCUT2D eigenvalue weighted by molar-refractivity contribution is 0.0632. The Morgan fingerprint density at radius 2 is 2.00 bits per heavy atom. The Bertz CT molecular complexity index is 563. The van der Waals surface area contributed by atoms with Crippen LogP contribution in [0.15, 0.2) is 12.1 Å². The van der Waals surface area contributed by atoms with Crippen LogP contribution in [0.25, 0.3) is 0 Å². The van der Waals surface area contributed by atoms with Crippen molar-refractivity contribution in [2.75, 3.05) is 13.7 Å². The Balaban J connectivity index is 2.47. The summed E-state index contributed by atoms with van der Waals surface area (Å²) in [6.07, 6.45) is 3.30. The molecule has 1 heterocycles. The quantitative estimate of drug-likeness (QED) is 0.792. The maximum atomic E-state index is 13.0. The van der Waals surface area contributed by atoms with Crippen molar-refractivity contribution in [3.63, 3.8) is 0 Å². The molecule has 1 saturated heterocycles. The highest BCUT2D eigenvalue weighted by atomic mass is 35.5. The van der Waals surface area contributed by atoms with Crippen LogP contribution in [-0.4, -0.2) is 30.5 Å². The highest BCUT2D eigenvalue weighted by molar-refractivity contribution is 6.32. The van der Waals surface area contributed by atoms with Gasteiger partial charge in [0.05, 0.1) is 17.7 Å². The second-order valence-electron chi connectivity index (χ2n) is 7.13. The van der Waals surface area contributed by atoms with Crippen LogP contribution in [-0.2, 0) is 5.41 Å². The zero-order valence-corrected chi connectivity index (χ0v) is 15.0. The molecule has 2 rings (SSSR count). The van der Waals surface area contributed by atoms with Crippen molar-refractivity contribution >= 4 is 17.5 Å². The normalized spacial score (nSPS) is 19.2. The van der Waals surface area contributed by atoms with Gasteiger partial charge in [0.15, 0.2) is 0 Å². The number of nitrogens with zero attached hydrogens (tertiary/aromatic N) is 1. The number of hydrogen-bond donors (Lipinski definition) is 0. The number of carbonyl (C=O) groups excluding carboxylic acids is 1. The first-order valence-electron chi connectivity index (χ1n) is 7.94. The number of methoxy groups -OCH3 is 1. The van der Waals surface area contributed by atoms with Crippen LogP contribution in [0.4, 0.5) is 0 Å². The minimum Gasteiger partial charge on any atom is -0.494 e. The summed E-state index contributed by atoms with van der Waals surface area (Å²) in [5.74, 6) is 0.509. The lowest BCUT2D eigenvalue weighted by Crippen LogP contribution is -2.42. The van der Waals surface area contributed by atoms with Crippen LogP contribution in [0.5, 0.6) is 5.75 Å². The number of hydrogen-bond acceptors (Lipinski definition) is 2. The van der Waals surface area contributed by atoms with Crippen LogP contribution in [0, 0.1) is 0 Å². The third kappa shape index (κ3) is 3.40. The number of benzene rings is 1. The van der Waals surface area contributed by atoms with E-state index in [1.54, 1.807) is 7.11 Å². The number of carbonyl (C=O) groups is 1. The zero-order chi connectivity index (χ0) is 16.5. The predicted octanol–water partition coefficient (Wildman–Crippen LogP) is 4.66. The molecule has 1 aliphatic rings. The molecule has 122 valence electrons. The first kappa shape index (κ1) is 17.1. The summed E-state index contributed by atoms with van der Waals surface area (Å²) in [5.41, 5.74) is 1.55. The van der Waals surface area contributed by atoms with E-state index in [1.807, 2.05) is 17.0 Å². The molecule has 1 aliphatic heterocycles. The van der Waals surface area contributed by atoms with Crippen molar-refractivity contribution in [2.24, 2.45) is 0 Å². The molecule has 0 N–H and O–H groups in total. The summed E-state index contributed by atoms with van der Waals surface area (Å²) >= 11 is 6.36. The van der Waals surface area contributed by atoms with Crippen LogP contribution in [0.1, 0.15) is 62.9 Å². The first-order valence-corrected chi connectivity index (χ1v) is 8.32. The fourth-order valence-electron chi connectivity index (χ4n) is 2.95. The Morgan fingerprint density at radius 3 is 2.55 bits per heavy atom. The second kappa shape index (κ2) is 6.49. The molecule has 1 amide bonds. The molecule has 1 aromatic rings. The largest absolute Gasteiger partial charge is 0.494 e. The van der Waals surface area contributed by atoms with Crippen molar-refractivity contribution in [1.82, 2.24) is 4.90 Å². The van der Waals surface area contributed by atoms with E-state index in [1.165, 1.54) is 6.42 Å². The van der Waals surface area contributed by atoms with E-state index in [0.717, 1.165) is 24.9 Å². The van der Waals surface area contributed by atoms with Crippen molar-refractivity contribution in [3.8, 4) is 5.75 Å². The fraction of sp³-hybridized carbons (Fsp3) is 0.611. The van der Waals surface area contributed by atoms with Gasteiger partial charge in [-0.3, -0.25) is 4.79 Å². The zero-order valence-electron chi connectivity index (χ0n) is 14.2. The van der Waals surface area contributed by atoms with Gasteiger partial charge in [0, 0.05) is 12.6 Å². The number of piperidine rings is 1. The smallest absolute Gasteiger partial charge is 0.257 e. The van der Waals surface area contributed by atoms with Gasteiger partial charge in [0.25, 0.3) is 5.91 Å². The minimum absolute atomic E-state index is 0.0250. The first-order chi connectivity index (χ1) is 10.3. The number of amides is 1. The lowest BCUT2D eigenvalue weighted by Gasteiger charge is -2.34. The van der Waals surface area contributed by atoms with Gasteiger partial charge in [0.1, 0.15) is 5.75 Å². The average molecular weight is 324 g/mol. The second-order valence-corrected chi connectivity index (χ2v) is 7.54. The molecule has 0 aromatic heterocycles. The van der Waals surface area contributed by atoms with Crippen molar-refractivity contribution in [2.45, 2.75) is 58.4 Å². The molecular formula is C18H26ClNO2. The number of likely N-dealkylation sites (tertiary alicyclic amines) is 1. The van der Waals surface area contributed by atoms with Gasteiger partial charge >= 0.3 is 0 Å². The van der Waals surface area contributed by atoms with E-state index >= 15 is 0 Å². The van der Waals surface area contributed by atoms with Gasteiger partial charge in [-0.2, -0.15) is 0 Å². The Hall–Kier alpha value is -1.22. The van der Waals surface area contributed by atoms with E-state index in [2.05, 4.69) is 27.7 Å². The maximum Gasteiger partial charge on any atom is 0.257 e. The predicted molar refractivity (Wildman–Crippen MR) is 91.1 cm³/mol. The molecule has 3 nitrogen and oxygen atoms in total. The summed E-state index contributed by atoms with van der Waals surface area (Å²) in [5, 5.41) is 0.503. The lowest BCUT2D eigenvalue weighted by atomic mass is 9.85. The third-order valence-electron chi connectivity index (χ3n) is 4.41. The average Bonchev–Trinajstić information content (AvgIpc) is 2.45. The summed E-state index contributed by atoms with van der Waals surface area (Å²) in [4.78, 5) is 15.0. The molecule has 1 aromatic carbocycles. The van der Waals surface area contributed by atoms with E-state index in [4.69, 9.17) is 16.3 Å². The van der Waals surface area contributed by atoms with Gasteiger partial charge < -0.3 is 9.64 Å². The standard InChI is InChI=1S/C18H26ClNO2/c1-12-8-6-7-9-20(12)17(21)14-10-13(18(2,3)4)11-15(19)16(14)22-5/h10-12H,6-9H2,1-5H3. The van der Waals surface area contributed by atoms with Crippen LogP contribution >= 0.6 is 11.6 Å². The molecule has 1 atom stereocenters. The number of rotatable bonds is 2. The van der Waals surface area contributed by atoms with Gasteiger partial charge in [-0.25, -0.2) is 0 Å². The number of halogens is 1. The molecule has 22 heavy (non-hydrogen) atoms. The highest BCUT2D eigenvalue weighted by Crippen LogP contribution is 2.36. The van der Waals surface area contributed by atoms with Crippen LogP contribution < -0.4 is 4.74 Å². The van der Waals surface area contributed by atoms with E-state index < -0.39 is 0 Å². The molecule has 0 saturated carbocycles. The van der Waals surface area contributed by atoms with Gasteiger partial charge in [-0.15, -0.1) is 0 Å². The van der Waals surface area contributed by atoms with Crippen LogP contribution in [0.2, 0.25) is 5.02 Å². The molecule has 0 aliphatic carbocycles. The monoisotopic (exact) mass is 323 g/mol. The maximum absolute atomic E-state index is 13.0. The van der Waals surface area contributed by atoms with E-state index in [-0.39, 0.29) is 17.4 Å². The summed E-state index contributed by atoms with van der Waals surface area (Å²) in [6, 6.07) is 4.11. The fourth-order valence-corrected chi connectivity index (χ4v) is 3.24. The Kier molecular flexibility index (Phi) is 5.06. The minimum atomic E-state index is -0.0710. The van der Waals surface area contributed by atoms with Crippen LogP contribution in [0.3, 0.4) is 0 Å². The molecule has 0 spiro atoms. The molecule has 1 unspecified atom stereocenters. The van der Waals surface area contributed by atoms with Gasteiger partial charge in [0.2, 0.25) is 0 Å². The summed E-state index contributed by atoms with van der Waals surface area (Å²) in [6.45, 7) is 9.26. The molecule has 0 radical (unpaired) electrons. The molecule has 4 heteroatoms. The molecular weight excluding hydrogens is 298 g/mol. The van der Waals surface area contributed by atoms with Crippen molar-refractivity contribution < 1.29 is 9.53 Å². The number of ether oxygens (including phenoxy) is 1. The summed E-state index contributed by atoms with van der Waals surface area (Å²) < 4.78 is 5.41. The Morgan fingerprint density at radius 1 is 1.32 bits per heavy atom. The summed E-state index contributed by atoms with van der Waals surface area (Å²) in [7, 11) is 1.56. The Labute approximate surface area is 138 Å². The van der Waals surface area contributed by atoms with E-state index in [0.29, 0.717) is 16.3 Å². The van der Waals surface area contributed by atoms with E-state index in [9.17, 15) is 4.79 Å². The topological polar surface area (TPSA) is 29.5 Å². The third-order valence-corrected chi connectivity index (χ3v) is 4.69. The highest BCUT2D eigenvalue weighted by Gasteiger charge is 2.29. The van der Waals surface area contributed by atoms with Gasteiger partial charge in [-0.1, -0.05) is 32.4 Å².